The first kappa shape index (κ1) is 13.2. The van der Waals surface area contributed by atoms with E-state index in [1.165, 1.54) is 24.0 Å². The second-order valence-corrected chi connectivity index (χ2v) is 5.95. The van der Waals surface area contributed by atoms with E-state index in [-0.39, 0.29) is 0 Å². The third-order valence-electron chi connectivity index (χ3n) is 4.49. The summed E-state index contributed by atoms with van der Waals surface area (Å²) in [6.07, 6.45) is 6.00. The van der Waals surface area contributed by atoms with Crippen LogP contribution in [0.15, 0.2) is 30.7 Å². The molecule has 1 aliphatic rings. The number of aromatic nitrogens is 4. The zero-order valence-corrected chi connectivity index (χ0v) is 13.0. The van der Waals surface area contributed by atoms with Crippen molar-refractivity contribution in [3.05, 3.63) is 41.9 Å². The summed E-state index contributed by atoms with van der Waals surface area (Å²) < 4.78 is 1.91. The fraction of sp³-hybridized carbons (Fsp3) is 0.353. The van der Waals surface area contributed by atoms with E-state index in [1.54, 1.807) is 6.33 Å². The molecule has 22 heavy (non-hydrogen) atoms. The van der Waals surface area contributed by atoms with Crippen molar-refractivity contribution in [1.82, 2.24) is 19.7 Å². The molecule has 1 aliphatic heterocycles. The molecule has 112 valence electrons. The number of fused-ring (bicyclic) bond motifs is 1. The maximum Gasteiger partial charge on any atom is 0.168 e. The van der Waals surface area contributed by atoms with Gasteiger partial charge in [-0.3, -0.25) is 0 Å². The SMILES string of the molecule is Cc1ccc(-n2ncc3c(N4CCCC4)ncnc32)cc1C. The second-order valence-electron chi connectivity index (χ2n) is 5.95. The Morgan fingerprint density at radius 3 is 2.59 bits per heavy atom. The molecule has 0 spiro atoms. The molecule has 0 saturated carbocycles. The summed E-state index contributed by atoms with van der Waals surface area (Å²) in [7, 11) is 0. The molecule has 4 rings (SSSR count). The van der Waals surface area contributed by atoms with Gasteiger partial charge < -0.3 is 4.90 Å². The van der Waals surface area contributed by atoms with Gasteiger partial charge in [-0.05, 0) is 49.9 Å². The lowest BCUT2D eigenvalue weighted by Gasteiger charge is -2.16. The molecule has 0 atom stereocenters. The molecule has 2 aromatic heterocycles. The largest absolute Gasteiger partial charge is 0.356 e. The molecule has 1 aromatic carbocycles. The van der Waals surface area contributed by atoms with Crippen molar-refractivity contribution in [2.24, 2.45) is 0 Å². The summed E-state index contributed by atoms with van der Waals surface area (Å²) in [6, 6.07) is 6.37. The minimum absolute atomic E-state index is 0.875. The Morgan fingerprint density at radius 1 is 1.00 bits per heavy atom. The quantitative estimate of drug-likeness (QED) is 0.728. The topological polar surface area (TPSA) is 46.8 Å². The van der Waals surface area contributed by atoms with E-state index in [9.17, 15) is 0 Å². The van der Waals surface area contributed by atoms with Gasteiger partial charge in [0.1, 0.15) is 12.1 Å². The molecule has 0 bridgehead atoms. The van der Waals surface area contributed by atoms with Crippen LogP contribution in [0.5, 0.6) is 0 Å². The zero-order chi connectivity index (χ0) is 15.1. The van der Waals surface area contributed by atoms with Crippen molar-refractivity contribution in [2.45, 2.75) is 26.7 Å². The van der Waals surface area contributed by atoms with Crippen molar-refractivity contribution in [3.8, 4) is 5.69 Å². The summed E-state index contributed by atoms with van der Waals surface area (Å²) >= 11 is 0. The van der Waals surface area contributed by atoms with Crippen LogP contribution in [0.4, 0.5) is 5.82 Å². The average Bonchev–Trinajstić information content (AvgIpc) is 3.18. The Labute approximate surface area is 129 Å². The molecule has 1 fully saturated rings. The lowest BCUT2D eigenvalue weighted by atomic mass is 10.1. The average molecular weight is 293 g/mol. The number of hydrogen-bond donors (Lipinski definition) is 0. The van der Waals surface area contributed by atoms with Gasteiger partial charge in [-0.15, -0.1) is 0 Å². The van der Waals surface area contributed by atoms with E-state index >= 15 is 0 Å². The van der Waals surface area contributed by atoms with Crippen molar-refractivity contribution in [1.29, 1.82) is 0 Å². The van der Waals surface area contributed by atoms with Crippen LogP contribution >= 0.6 is 0 Å². The lowest BCUT2D eigenvalue weighted by molar-refractivity contribution is 0.890. The van der Waals surface area contributed by atoms with Gasteiger partial charge >= 0.3 is 0 Å². The van der Waals surface area contributed by atoms with Crippen molar-refractivity contribution < 1.29 is 0 Å². The van der Waals surface area contributed by atoms with E-state index in [4.69, 9.17) is 0 Å². The zero-order valence-electron chi connectivity index (χ0n) is 13.0. The summed E-state index contributed by atoms with van der Waals surface area (Å²) in [6.45, 7) is 6.38. The second kappa shape index (κ2) is 5.09. The smallest absolute Gasteiger partial charge is 0.168 e. The van der Waals surface area contributed by atoms with Crippen molar-refractivity contribution in [3.63, 3.8) is 0 Å². The first-order valence-corrected chi connectivity index (χ1v) is 7.75. The Morgan fingerprint density at radius 2 is 1.82 bits per heavy atom. The van der Waals surface area contributed by atoms with Gasteiger partial charge in [0.2, 0.25) is 0 Å². The number of nitrogens with zero attached hydrogens (tertiary/aromatic N) is 5. The van der Waals surface area contributed by atoms with Gasteiger partial charge in [0.05, 0.1) is 17.3 Å². The fourth-order valence-electron chi connectivity index (χ4n) is 3.06. The Balaban J connectivity index is 1.86. The molecule has 0 N–H and O–H groups in total. The number of aryl methyl sites for hydroxylation is 2. The van der Waals surface area contributed by atoms with Crippen LogP contribution in [0.3, 0.4) is 0 Å². The number of hydrogen-bond acceptors (Lipinski definition) is 4. The maximum absolute atomic E-state index is 4.56. The van der Waals surface area contributed by atoms with Crippen LogP contribution in [0.2, 0.25) is 0 Å². The highest BCUT2D eigenvalue weighted by Gasteiger charge is 2.19. The minimum atomic E-state index is 0.875. The van der Waals surface area contributed by atoms with Crippen LogP contribution in [-0.2, 0) is 0 Å². The van der Waals surface area contributed by atoms with Gasteiger partial charge in [-0.1, -0.05) is 6.07 Å². The van der Waals surface area contributed by atoms with Gasteiger partial charge in [-0.2, -0.15) is 5.10 Å². The molecule has 0 amide bonds. The summed E-state index contributed by atoms with van der Waals surface area (Å²) in [5, 5.41) is 5.59. The number of anilines is 1. The van der Waals surface area contributed by atoms with Crippen LogP contribution < -0.4 is 4.90 Å². The molecule has 5 nitrogen and oxygen atoms in total. The van der Waals surface area contributed by atoms with Gasteiger partial charge in [0.25, 0.3) is 0 Å². The first-order chi connectivity index (χ1) is 10.7. The molecule has 0 aliphatic carbocycles. The van der Waals surface area contributed by atoms with Crippen molar-refractivity contribution >= 4 is 16.9 Å². The summed E-state index contributed by atoms with van der Waals surface area (Å²) in [4.78, 5) is 11.3. The van der Waals surface area contributed by atoms with Crippen LogP contribution in [0.1, 0.15) is 24.0 Å². The van der Waals surface area contributed by atoms with Crippen LogP contribution in [0.25, 0.3) is 16.7 Å². The Hall–Kier alpha value is -2.43. The van der Waals surface area contributed by atoms with E-state index in [0.717, 1.165) is 35.6 Å². The van der Waals surface area contributed by atoms with Crippen LogP contribution in [-0.4, -0.2) is 32.8 Å². The highest BCUT2D eigenvalue weighted by atomic mass is 15.3. The molecule has 0 radical (unpaired) electrons. The highest BCUT2D eigenvalue weighted by Crippen LogP contribution is 2.27. The van der Waals surface area contributed by atoms with E-state index in [0.29, 0.717) is 0 Å². The first-order valence-electron chi connectivity index (χ1n) is 7.75. The van der Waals surface area contributed by atoms with Gasteiger partial charge in [0.15, 0.2) is 5.65 Å². The molecular weight excluding hydrogens is 274 g/mol. The molecule has 1 saturated heterocycles. The van der Waals surface area contributed by atoms with E-state index in [2.05, 4.69) is 52.0 Å². The number of rotatable bonds is 2. The Kier molecular flexibility index (Phi) is 3.06. The maximum atomic E-state index is 4.56. The summed E-state index contributed by atoms with van der Waals surface area (Å²) in [5.41, 5.74) is 4.46. The third-order valence-corrected chi connectivity index (χ3v) is 4.49. The predicted molar refractivity (Wildman–Crippen MR) is 87.6 cm³/mol. The fourth-order valence-corrected chi connectivity index (χ4v) is 3.06. The highest BCUT2D eigenvalue weighted by molar-refractivity contribution is 5.87. The molecule has 3 heterocycles. The van der Waals surface area contributed by atoms with Gasteiger partial charge in [0, 0.05) is 13.1 Å². The molecular formula is C17H19N5. The monoisotopic (exact) mass is 293 g/mol. The van der Waals surface area contributed by atoms with E-state index in [1.807, 2.05) is 10.9 Å². The van der Waals surface area contributed by atoms with E-state index < -0.39 is 0 Å². The minimum Gasteiger partial charge on any atom is -0.356 e. The van der Waals surface area contributed by atoms with Crippen LogP contribution in [0, 0.1) is 13.8 Å². The van der Waals surface area contributed by atoms with Crippen molar-refractivity contribution in [2.75, 3.05) is 18.0 Å². The lowest BCUT2D eigenvalue weighted by Crippen LogP contribution is -2.19. The molecule has 3 aromatic rings. The third kappa shape index (κ3) is 2.04. The normalized spacial score (nSPS) is 14.9. The molecule has 5 heteroatoms. The predicted octanol–water partition coefficient (Wildman–Crippen LogP) is 3.03. The standard InChI is InChI=1S/C17H19N5/c1-12-5-6-14(9-13(12)2)22-17-15(10-20-22)16(18-11-19-17)21-7-3-4-8-21/h5-6,9-11H,3-4,7-8H2,1-2H3. The number of benzene rings is 1. The van der Waals surface area contributed by atoms with Gasteiger partial charge in [-0.25, -0.2) is 14.6 Å². The molecule has 0 unspecified atom stereocenters. The Bertz CT molecular complexity index is 830. The summed E-state index contributed by atoms with van der Waals surface area (Å²) in [5.74, 6) is 1.01.